The Morgan fingerprint density at radius 1 is 1.24 bits per heavy atom. The molecule has 4 aromatic rings. The van der Waals surface area contributed by atoms with Crippen LogP contribution in [0.3, 0.4) is 0 Å². The van der Waals surface area contributed by atoms with E-state index in [1.807, 2.05) is 30.1 Å². The van der Waals surface area contributed by atoms with Gasteiger partial charge in [-0.25, -0.2) is 4.98 Å². The number of rotatable bonds is 5. The predicted octanol–water partition coefficient (Wildman–Crippen LogP) is 4.16. The third-order valence-corrected chi connectivity index (χ3v) is 7.45. The molecule has 2 fully saturated rings. The lowest BCUT2D eigenvalue weighted by Gasteiger charge is -2.36. The smallest absolute Gasteiger partial charge is 0.254 e. The molecule has 6 rings (SSSR count). The van der Waals surface area contributed by atoms with E-state index < -0.39 is 0 Å². The minimum absolute atomic E-state index is 0.0182. The van der Waals surface area contributed by atoms with Gasteiger partial charge in [-0.05, 0) is 62.8 Å². The normalized spacial score (nSPS) is 21.0. The fourth-order valence-electron chi connectivity index (χ4n) is 5.30. The van der Waals surface area contributed by atoms with Gasteiger partial charge in [-0.1, -0.05) is 0 Å². The van der Waals surface area contributed by atoms with Gasteiger partial charge >= 0.3 is 0 Å². The van der Waals surface area contributed by atoms with Crippen molar-refractivity contribution in [3.63, 3.8) is 0 Å². The van der Waals surface area contributed by atoms with E-state index in [1.165, 1.54) is 12.8 Å². The number of nitrogens with zero attached hydrogens (tertiary/aromatic N) is 4. The fraction of sp³-hybridized carbons (Fsp3) is 0.462. The number of furan rings is 1. The number of ether oxygens (including phenoxy) is 1. The van der Waals surface area contributed by atoms with Crippen LogP contribution in [0, 0.1) is 5.92 Å². The van der Waals surface area contributed by atoms with Crippen LogP contribution in [-0.2, 0) is 13.6 Å². The van der Waals surface area contributed by atoms with E-state index in [4.69, 9.17) is 19.9 Å². The van der Waals surface area contributed by atoms with Crippen LogP contribution in [0.4, 0.5) is 0 Å². The van der Waals surface area contributed by atoms with Gasteiger partial charge < -0.3 is 28.9 Å². The van der Waals surface area contributed by atoms with Crippen molar-refractivity contribution in [2.45, 2.75) is 51.2 Å². The maximum Gasteiger partial charge on any atom is 0.254 e. The van der Waals surface area contributed by atoms with Gasteiger partial charge in [0, 0.05) is 43.2 Å². The minimum atomic E-state index is -0.0234. The van der Waals surface area contributed by atoms with Crippen molar-refractivity contribution in [1.29, 1.82) is 0 Å². The summed E-state index contributed by atoms with van der Waals surface area (Å²) in [5.74, 6) is 2.13. The Labute approximate surface area is 198 Å². The van der Waals surface area contributed by atoms with Crippen LogP contribution in [0.1, 0.15) is 43.0 Å². The lowest BCUT2D eigenvalue weighted by molar-refractivity contribution is 0.0612. The molecule has 1 amide bonds. The number of nitrogens with two attached hydrogens (primary N) is 1. The fourth-order valence-corrected chi connectivity index (χ4v) is 5.30. The number of piperidine rings is 1. The summed E-state index contributed by atoms with van der Waals surface area (Å²) in [5, 5.41) is 1.07. The highest BCUT2D eigenvalue weighted by Crippen LogP contribution is 2.38. The van der Waals surface area contributed by atoms with Crippen LogP contribution in [-0.4, -0.2) is 50.7 Å². The second-order valence-corrected chi connectivity index (χ2v) is 9.95. The zero-order chi connectivity index (χ0) is 23.6. The molecule has 1 saturated heterocycles. The van der Waals surface area contributed by atoms with E-state index >= 15 is 0 Å². The van der Waals surface area contributed by atoms with Gasteiger partial charge in [-0.3, -0.25) is 4.79 Å². The molecule has 3 aromatic heterocycles. The van der Waals surface area contributed by atoms with Gasteiger partial charge in [0.25, 0.3) is 5.91 Å². The summed E-state index contributed by atoms with van der Waals surface area (Å²) >= 11 is 0. The lowest BCUT2D eigenvalue weighted by Crippen LogP contribution is -2.50. The van der Waals surface area contributed by atoms with E-state index in [2.05, 4.69) is 22.1 Å². The second kappa shape index (κ2) is 7.91. The van der Waals surface area contributed by atoms with E-state index in [0.717, 1.165) is 53.0 Å². The number of carbonyl (C=O) groups excluding carboxylic acids is 1. The molecule has 1 aromatic carbocycles. The standard InChI is InChI=1S/C26H31N5O3/c1-15-4-7-19(27)14-30(15)25(32)18-10-20-23(22(12-18)33-3)29(2)24(28-20)21-11-17-8-9-34-26(17)31(21)13-16-5-6-16/h8-12,15-16,19H,4-7,13-14,27H2,1-3H3/t15-,19-/m1/s1. The van der Waals surface area contributed by atoms with Gasteiger partial charge in [0.15, 0.2) is 5.82 Å². The van der Waals surface area contributed by atoms with E-state index in [-0.39, 0.29) is 18.0 Å². The highest BCUT2D eigenvalue weighted by Gasteiger charge is 2.30. The van der Waals surface area contributed by atoms with Crippen molar-refractivity contribution in [3.05, 3.63) is 36.1 Å². The van der Waals surface area contributed by atoms with Gasteiger partial charge in [0.05, 0.1) is 24.6 Å². The number of imidazole rings is 1. The van der Waals surface area contributed by atoms with Gasteiger partial charge in [-0.15, -0.1) is 0 Å². The molecule has 4 heterocycles. The Bertz CT molecular complexity index is 1390. The zero-order valence-electron chi connectivity index (χ0n) is 20.0. The molecule has 1 aliphatic heterocycles. The Morgan fingerprint density at radius 2 is 2.06 bits per heavy atom. The third kappa shape index (κ3) is 3.39. The van der Waals surface area contributed by atoms with Crippen molar-refractivity contribution in [2.24, 2.45) is 18.7 Å². The summed E-state index contributed by atoms with van der Waals surface area (Å²) in [6.07, 6.45) is 6.10. The molecular formula is C26H31N5O3. The van der Waals surface area contributed by atoms with Crippen molar-refractivity contribution in [2.75, 3.05) is 13.7 Å². The first kappa shape index (κ1) is 21.3. The van der Waals surface area contributed by atoms with Gasteiger partial charge in [0.1, 0.15) is 11.3 Å². The number of fused-ring (bicyclic) bond motifs is 2. The summed E-state index contributed by atoms with van der Waals surface area (Å²) in [6.45, 7) is 3.58. The summed E-state index contributed by atoms with van der Waals surface area (Å²) in [4.78, 5) is 20.3. The van der Waals surface area contributed by atoms with Crippen LogP contribution in [0.15, 0.2) is 34.9 Å². The summed E-state index contributed by atoms with van der Waals surface area (Å²) < 4.78 is 15.9. The molecule has 2 atom stereocenters. The number of methoxy groups -OCH3 is 1. The Morgan fingerprint density at radius 3 is 2.82 bits per heavy atom. The van der Waals surface area contributed by atoms with Crippen LogP contribution in [0.25, 0.3) is 33.7 Å². The van der Waals surface area contributed by atoms with Crippen LogP contribution in [0.5, 0.6) is 5.75 Å². The number of aryl methyl sites for hydroxylation is 1. The van der Waals surface area contributed by atoms with Gasteiger partial charge in [-0.2, -0.15) is 0 Å². The molecular weight excluding hydrogens is 430 g/mol. The maximum atomic E-state index is 13.5. The van der Waals surface area contributed by atoms with Crippen LogP contribution in [0.2, 0.25) is 0 Å². The van der Waals surface area contributed by atoms with E-state index in [9.17, 15) is 4.79 Å². The first-order valence-electron chi connectivity index (χ1n) is 12.1. The molecule has 0 unspecified atom stereocenters. The highest BCUT2D eigenvalue weighted by atomic mass is 16.5. The summed E-state index contributed by atoms with van der Waals surface area (Å²) in [7, 11) is 3.63. The highest BCUT2D eigenvalue weighted by molar-refractivity contribution is 6.00. The maximum absolute atomic E-state index is 13.5. The van der Waals surface area contributed by atoms with Crippen molar-refractivity contribution < 1.29 is 13.9 Å². The Balaban J connectivity index is 1.46. The first-order chi connectivity index (χ1) is 16.4. The molecule has 1 saturated carbocycles. The summed E-state index contributed by atoms with van der Waals surface area (Å²) in [6, 6.07) is 8.02. The molecule has 178 valence electrons. The number of likely N-dealkylation sites (tertiary alicyclic amines) is 1. The van der Waals surface area contributed by atoms with Crippen LogP contribution >= 0.6 is 0 Å². The lowest BCUT2D eigenvalue weighted by atomic mass is 9.99. The molecule has 0 bridgehead atoms. The predicted molar refractivity (Wildman–Crippen MR) is 131 cm³/mol. The molecule has 2 N–H and O–H groups in total. The number of aromatic nitrogens is 3. The molecule has 2 aliphatic rings. The first-order valence-corrected chi connectivity index (χ1v) is 12.1. The van der Waals surface area contributed by atoms with Crippen molar-refractivity contribution in [3.8, 4) is 17.3 Å². The van der Waals surface area contributed by atoms with Crippen molar-refractivity contribution >= 4 is 28.0 Å². The SMILES string of the molecule is COc1cc(C(=O)N2C[C@H](N)CC[C@H]2C)cc2nc(-c3cc4ccoc4n3CC3CC3)n(C)c12. The third-order valence-electron chi connectivity index (χ3n) is 7.45. The Hall–Kier alpha value is -3.26. The molecule has 8 heteroatoms. The molecule has 1 aliphatic carbocycles. The number of benzene rings is 1. The quantitative estimate of drug-likeness (QED) is 0.482. The average Bonchev–Trinajstić information content (AvgIpc) is 3.28. The Kier molecular flexibility index (Phi) is 4.95. The topological polar surface area (TPSA) is 91.5 Å². The number of amides is 1. The largest absolute Gasteiger partial charge is 0.494 e. The monoisotopic (exact) mass is 461 g/mol. The minimum Gasteiger partial charge on any atom is -0.494 e. The molecule has 34 heavy (non-hydrogen) atoms. The second-order valence-electron chi connectivity index (χ2n) is 9.95. The van der Waals surface area contributed by atoms with Gasteiger partial charge in [0.2, 0.25) is 5.71 Å². The molecule has 0 radical (unpaired) electrons. The molecule has 8 nitrogen and oxygen atoms in total. The molecule has 0 spiro atoms. The number of hydrogen-bond acceptors (Lipinski definition) is 5. The van der Waals surface area contributed by atoms with Crippen molar-refractivity contribution in [1.82, 2.24) is 19.0 Å². The zero-order valence-corrected chi connectivity index (χ0v) is 20.0. The van der Waals surface area contributed by atoms with Crippen LogP contribution < -0.4 is 10.5 Å². The number of carbonyl (C=O) groups is 1. The number of hydrogen-bond donors (Lipinski definition) is 1. The summed E-state index contributed by atoms with van der Waals surface area (Å²) in [5.41, 5.74) is 10.3. The average molecular weight is 462 g/mol. The van der Waals surface area contributed by atoms with E-state index in [0.29, 0.717) is 23.8 Å². The van der Waals surface area contributed by atoms with E-state index in [1.54, 1.807) is 13.4 Å².